The van der Waals surface area contributed by atoms with Gasteiger partial charge in [0, 0.05) is 23.9 Å². The number of aliphatic hydroxyl groups is 1. The summed E-state index contributed by atoms with van der Waals surface area (Å²) < 4.78 is 66.6. The highest BCUT2D eigenvalue weighted by molar-refractivity contribution is 7.87. The molecule has 0 saturated heterocycles. The zero-order chi connectivity index (χ0) is 32.6. The van der Waals surface area contributed by atoms with E-state index in [1.54, 1.807) is 25.1 Å². The number of aliphatic hydroxyl groups excluding tert-OH is 1. The molecule has 16 heteroatoms. The number of anilines is 2. The number of aromatic hydroxyl groups is 1. The first-order valence-corrected chi connectivity index (χ1v) is 15.7. The number of carboxylic acid groups (broad SMARTS) is 1. The monoisotopic (exact) mass is 644 g/mol. The molecule has 0 saturated carbocycles. The second-order valence-electron chi connectivity index (χ2n) is 9.92. The normalized spacial score (nSPS) is 12.9. The minimum Gasteiger partial charge on any atom is -0.505 e. The van der Waals surface area contributed by atoms with Crippen molar-refractivity contribution in [3.05, 3.63) is 65.7 Å². The molecular weight excluding hydrogens is 616 g/mol. The summed E-state index contributed by atoms with van der Waals surface area (Å²) in [5.41, 5.74) is 9.27. The first kappa shape index (κ1) is 32.3. The van der Waals surface area contributed by atoms with Crippen LogP contribution in [-0.4, -0.2) is 53.5 Å². The zero-order valence-electron chi connectivity index (χ0n) is 23.3. The van der Waals surface area contributed by atoms with E-state index in [1.807, 2.05) is 25.1 Å². The molecule has 0 spiro atoms. The van der Waals surface area contributed by atoms with E-state index in [2.05, 4.69) is 15.5 Å². The number of phenols is 1. The molecule has 1 unspecified atom stereocenters. The predicted molar refractivity (Wildman–Crippen MR) is 162 cm³/mol. The Balaban J connectivity index is 1.65. The van der Waals surface area contributed by atoms with Crippen LogP contribution < -0.4 is 11.1 Å². The fraction of sp³-hybridized carbons (Fsp3) is 0.179. The number of fused-ring (bicyclic) bond motifs is 1. The number of rotatable bonds is 10. The standard InChI is InChI=1S/C28H28N4O10S2/c1-14-11-16(3-6-19(14)30-24(33)9-10-25(34)35)17-4-7-20(15(2)12-17)31-32-21-8-5-18-22(43(37,38)39)13-23(44(40,41)42)27(29)26(18)28(21)36/h3-8,11-13,24,30,33,36H,9-10,29H2,1-2H3,(H,34,35)(H,37,38,39)(H,40,41,42). The first-order valence-electron chi connectivity index (χ1n) is 12.8. The number of nitrogens with zero attached hydrogens (tertiary/aromatic N) is 2. The third-order valence-electron chi connectivity index (χ3n) is 6.75. The summed E-state index contributed by atoms with van der Waals surface area (Å²) in [4.78, 5) is 8.81. The van der Waals surface area contributed by atoms with E-state index >= 15 is 0 Å². The molecule has 4 aromatic carbocycles. The van der Waals surface area contributed by atoms with Gasteiger partial charge >= 0.3 is 5.97 Å². The van der Waals surface area contributed by atoms with Gasteiger partial charge in [0.05, 0.1) is 16.8 Å². The molecule has 14 nitrogen and oxygen atoms in total. The SMILES string of the molecule is Cc1cc(-c2ccc(NC(O)CCC(=O)O)c(C)c2)ccc1N=Nc1ccc2c(S(=O)(=O)O)cc(S(=O)(=O)O)c(N)c2c1O. The minimum absolute atomic E-state index is 0.0489. The number of benzene rings is 4. The van der Waals surface area contributed by atoms with Crippen LogP contribution in [0.5, 0.6) is 5.75 Å². The average molecular weight is 645 g/mol. The van der Waals surface area contributed by atoms with Crippen LogP contribution in [0.1, 0.15) is 24.0 Å². The molecule has 0 heterocycles. The number of phenolic OH excluding ortho intramolecular Hbond substituents is 1. The molecule has 0 aromatic heterocycles. The maximum atomic E-state index is 11.9. The van der Waals surface area contributed by atoms with Crippen molar-refractivity contribution in [2.75, 3.05) is 11.1 Å². The highest BCUT2D eigenvalue weighted by Crippen LogP contribution is 2.44. The van der Waals surface area contributed by atoms with E-state index < -0.39 is 59.0 Å². The van der Waals surface area contributed by atoms with Crippen molar-refractivity contribution in [3.8, 4) is 16.9 Å². The van der Waals surface area contributed by atoms with Crippen LogP contribution in [0.4, 0.5) is 22.7 Å². The minimum atomic E-state index is -5.04. The Morgan fingerprint density at radius 1 is 0.864 bits per heavy atom. The summed E-state index contributed by atoms with van der Waals surface area (Å²) in [7, 11) is -10.0. The topological polar surface area (TPSA) is 249 Å². The number of nitrogens with two attached hydrogens (primary N) is 1. The lowest BCUT2D eigenvalue weighted by Gasteiger charge is -2.16. The van der Waals surface area contributed by atoms with Gasteiger partial charge in [0.15, 0.2) is 5.75 Å². The summed E-state index contributed by atoms with van der Waals surface area (Å²) >= 11 is 0. The molecule has 0 aliphatic heterocycles. The van der Waals surface area contributed by atoms with Gasteiger partial charge < -0.3 is 26.4 Å². The Morgan fingerprint density at radius 3 is 2.00 bits per heavy atom. The Hall–Kier alpha value is -4.61. The lowest BCUT2D eigenvalue weighted by atomic mass is 10.00. The number of aryl methyl sites for hydroxylation is 2. The highest BCUT2D eigenvalue weighted by Gasteiger charge is 2.26. The van der Waals surface area contributed by atoms with Gasteiger partial charge in [0.1, 0.15) is 21.7 Å². The van der Waals surface area contributed by atoms with Gasteiger partial charge in [-0.05, 0) is 72.5 Å². The largest absolute Gasteiger partial charge is 0.505 e. The quantitative estimate of drug-likeness (QED) is 0.0526. The fourth-order valence-electron chi connectivity index (χ4n) is 4.54. The summed E-state index contributed by atoms with van der Waals surface area (Å²) in [5.74, 6) is -1.73. The van der Waals surface area contributed by atoms with Crippen molar-refractivity contribution >= 4 is 59.7 Å². The Bertz CT molecular complexity index is 2050. The van der Waals surface area contributed by atoms with Crippen LogP contribution in [0.3, 0.4) is 0 Å². The molecule has 0 bridgehead atoms. The molecule has 8 N–H and O–H groups in total. The Morgan fingerprint density at radius 2 is 1.43 bits per heavy atom. The fourth-order valence-corrected chi connectivity index (χ4v) is 5.97. The number of carbonyl (C=O) groups is 1. The van der Waals surface area contributed by atoms with E-state index in [9.17, 15) is 40.9 Å². The van der Waals surface area contributed by atoms with Gasteiger partial charge in [0.2, 0.25) is 0 Å². The number of nitrogens with one attached hydrogen (secondary N) is 1. The van der Waals surface area contributed by atoms with Crippen molar-refractivity contribution in [2.45, 2.75) is 42.7 Å². The van der Waals surface area contributed by atoms with Crippen LogP contribution in [0.25, 0.3) is 21.9 Å². The molecule has 4 aromatic rings. The van der Waals surface area contributed by atoms with Crippen LogP contribution in [0.2, 0.25) is 0 Å². The van der Waals surface area contributed by atoms with Crippen molar-refractivity contribution in [1.82, 2.24) is 0 Å². The van der Waals surface area contributed by atoms with Gasteiger partial charge in [-0.25, -0.2) is 0 Å². The maximum Gasteiger partial charge on any atom is 0.303 e. The van der Waals surface area contributed by atoms with Gasteiger partial charge in [-0.1, -0.05) is 18.2 Å². The average Bonchev–Trinajstić information content (AvgIpc) is 2.91. The highest BCUT2D eigenvalue weighted by atomic mass is 32.2. The van der Waals surface area contributed by atoms with Crippen molar-refractivity contribution in [2.24, 2.45) is 10.2 Å². The van der Waals surface area contributed by atoms with Gasteiger partial charge in [0.25, 0.3) is 20.2 Å². The van der Waals surface area contributed by atoms with E-state index in [4.69, 9.17) is 10.8 Å². The van der Waals surface area contributed by atoms with Gasteiger partial charge in [-0.15, -0.1) is 5.11 Å². The number of azo groups is 1. The van der Waals surface area contributed by atoms with Gasteiger partial charge in [-0.3, -0.25) is 13.9 Å². The molecule has 0 fully saturated rings. The number of hydrogen-bond acceptors (Lipinski definition) is 11. The third-order valence-corrected chi connectivity index (χ3v) is 8.54. The van der Waals surface area contributed by atoms with E-state index in [-0.39, 0.29) is 23.9 Å². The molecule has 0 aliphatic carbocycles. The summed E-state index contributed by atoms with van der Waals surface area (Å²) in [5, 5.41) is 40.0. The Kier molecular flexibility index (Phi) is 8.94. The zero-order valence-corrected chi connectivity index (χ0v) is 24.9. The second kappa shape index (κ2) is 12.2. The van der Waals surface area contributed by atoms with E-state index in [0.717, 1.165) is 22.8 Å². The molecule has 0 radical (unpaired) electrons. The van der Waals surface area contributed by atoms with E-state index in [0.29, 0.717) is 23.0 Å². The van der Waals surface area contributed by atoms with Crippen LogP contribution >= 0.6 is 0 Å². The second-order valence-corrected chi connectivity index (χ2v) is 12.7. The van der Waals surface area contributed by atoms with Crippen LogP contribution in [0, 0.1) is 13.8 Å². The summed E-state index contributed by atoms with van der Waals surface area (Å²) in [6.45, 7) is 3.61. The molecule has 1 atom stereocenters. The molecule has 4 rings (SSSR count). The molecular formula is C28H28N4O10S2. The molecule has 44 heavy (non-hydrogen) atoms. The van der Waals surface area contributed by atoms with Crippen molar-refractivity contribution < 1.29 is 46.1 Å². The number of carboxylic acids is 1. The summed E-state index contributed by atoms with van der Waals surface area (Å²) in [6.07, 6.45) is -1.14. The number of hydrogen-bond donors (Lipinski definition) is 7. The maximum absolute atomic E-state index is 11.9. The van der Waals surface area contributed by atoms with Gasteiger partial charge in [-0.2, -0.15) is 21.9 Å². The van der Waals surface area contributed by atoms with Crippen molar-refractivity contribution in [3.63, 3.8) is 0 Å². The smallest absolute Gasteiger partial charge is 0.303 e. The molecule has 232 valence electrons. The van der Waals surface area contributed by atoms with Crippen LogP contribution in [-0.2, 0) is 25.0 Å². The van der Waals surface area contributed by atoms with Crippen LogP contribution in [0.15, 0.2) is 74.6 Å². The Labute approximate surface area is 252 Å². The first-order chi connectivity index (χ1) is 20.5. The lowest BCUT2D eigenvalue weighted by Crippen LogP contribution is -2.20. The number of nitrogen functional groups attached to an aromatic ring is 1. The molecule has 0 aliphatic rings. The van der Waals surface area contributed by atoms with Crippen molar-refractivity contribution in [1.29, 1.82) is 0 Å². The lowest BCUT2D eigenvalue weighted by molar-refractivity contribution is -0.137. The third kappa shape index (κ3) is 6.95. The molecule has 0 amide bonds. The summed E-state index contributed by atoms with van der Waals surface area (Å²) in [6, 6.07) is 13.6. The van der Waals surface area contributed by atoms with E-state index in [1.165, 1.54) is 6.07 Å². The number of aliphatic carboxylic acids is 1. The predicted octanol–water partition coefficient (Wildman–Crippen LogP) is 4.92.